The molecular weight excluding hydrogens is 1390 g/mol. The third-order valence-corrected chi connectivity index (χ3v) is 23.5. The Labute approximate surface area is 702 Å². The maximum Gasteiger partial charge on any atom is 0.252 e. The summed E-state index contributed by atoms with van der Waals surface area (Å²) in [6, 6.07) is 73.2. The van der Waals surface area contributed by atoms with Crippen LogP contribution in [0.2, 0.25) is 0 Å². The molecule has 17 aromatic rings. The van der Waals surface area contributed by atoms with Crippen LogP contribution in [0.1, 0.15) is 154 Å². The van der Waals surface area contributed by atoms with Gasteiger partial charge in [-0.2, -0.15) is 0 Å². The predicted molar refractivity (Wildman–Crippen MR) is 495 cm³/mol. The summed E-state index contributed by atoms with van der Waals surface area (Å²) in [6.07, 6.45) is 0. The third-order valence-electron chi connectivity index (χ3n) is 23.5. The SMILES string of the molecule is [2H]c1c([2H])c([2H])c2c(c1[2H])c1c([2H])c([2H])c([2H])c([2H])c1n2-c1ccc2c(c1)N(c1c(-c3ccccc3)cc(C(C)(C)C)cc1-c1cccc(-c3cccc(C(C)(C)C)c3)c1)c1cc(C(C)(C)C)cc3c1B2c1ccc(-n2c4c([2H])c([2H])c([2H])c([2H])c4c4c([2H])c([2H])c([2H])c([2H])c42)cc1N3c1c(-c2ccccc2)cc(C(C)(C)C)cc1-c1cccc(-c2cccc(C(C)(C)C)c2)c1. The molecule has 4 nitrogen and oxygen atoms in total. The maximum absolute atomic E-state index is 10.0. The first-order valence-corrected chi connectivity index (χ1v) is 39.8. The molecule has 2 aromatic heterocycles. The third kappa shape index (κ3) is 12.5. The Morgan fingerprint density at radius 1 is 0.243 bits per heavy atom. The van der Waals surface area contributed by atoms with Crippen LogP contribution >= 0.6 is 0 Å². The van der Waals surface area contributed by atoms with Gasteiger partial charge in [-0.25, -0.2) is 0 Å². The number of rotatable bonds is 10. The van der Waals surface area contributed by atoms with Crippen LogP contribution in [0.4, 0.5) is 34.1 Å². The van der Waals surface area contributed by atoms with Crippen molar-refractivity contribution in [1.82, 2.24) is 9.13 Å². The summed E-state index contributed by atoms with van der Waals surface area (Å²) in [7, 11) is 0. The van der Waals surface area contributed by atoms with Crippen LogP contribution in [-0.2, 0) is 27.1 Å². The monoisotopic (exact) mass is 1500 g/mol. The quantitative estimate of drug-likeness (QED) is 0.127. The van der Waals surface area contributed by atoms with Crippen LogP contribution in [0.5, 0.6) is 0 Å². The van der Waals surface area contributed by atoms with Gasteiger partial charge in [0.05, 0.1) is 55.4 Å². The molecule has 5 heteroatoms. The van der Waals surface area contributed by atoms with Crippen molar-refractivity contribution >= 4 is 101 Å². The molecule has 0 spiro atoms. The van der Waals surface area contributed by atoms with Gasteiger partial charge in [0.25, 0.3) is 6.71 Å². The average Bonchev–Trinajstić information content (AvgIpc) is 1.56. The fraction of sp³-hybridized carbons (Fsp3) is 0.182. The van der Waals surface area contributed by atoms with E-state index >= 15 is 0 Å². The highest BCUT2D eigenvalue weighted by atomic mass is 15.2. The van der Waals surface area contributed by atoms with E-state index in [9.17, 15) is 21.9 Å². The Balaban J connectivity index is 1.04. The van der Waals surface area contributed by atoms with Crippen LogP contribution in [-0.4, -0.2) is 15.8 Å². The Morgan fingerprint density at radius 2 is 0.530 bits per heavy atom. The lowest BCUT2D eigenvalue weighted by Gasteiger charge is -2.47. The second-order valence-electron chi connectivity index (χ2n) is 36.2. The lowest BCUT2D eigenvalue weighted by atomic mass is 9.33. The lowest BCUT2D eigenvalue weighted by Crippen LogP contribution is -2.61. The molecule has 15 aromatic carbocycles. The van der Waals surface area contributed by atoms with E-state index in [-0.39, 0.29) is 54.4 Å². The number of hydrogen-bond acceptors (Lipinski definition) is 2. The van der Waals surface area contributed by atoms with Crippen molar-refractivity contribution in [2.45, 2.75) is 131 Å². The molecule has 0 saturated carbocycles. The van der Waals surface area contributed by atoms with Gasteiger partial charge in [0.15, 0.2) is 0 Å². The van der Waals surface area contributed by atoms with Crippen molar-refractivity contribution in [2.24, 2.45) is 0 Å². The van der Waals surface area contributed by atoms with E-state index in [0.29, 0.717) is 22.7 Å². The molecule has 562 valence electrons. The summed E-state index contributed by atoms with van der Waals surface area (Å²) in [5.74, 6) is 0. The highest BCUT2D eigenvalue weighted by Crippen LogP contribution is 2.56. The van der Waals surface area contributed by atoms with Gasteiger partial charge >= 0.3 is 0 Å². The molecule has 0 N–H and O–H groups in total. The van der Waals surface area contributed by atoms with Crippen molar-refractivity contribution < 1.29 is 21.9 Å². The zero-order valence-corrected chi connectivity index (χ0v) is 67.8. The van der Waals surface area contributed by atoms with E-state index in [1.165, 1.54) is 11.1 Å². The Kier molecular flexibility index (Phi) is 13.4. The van der Waals surface area contributed by atoms with Crippen LogP contribution < -0.4 is 26.2 Å². The highest BCUT2D eigenvalue weighted by molar-refractivity contribution is 7.00. The number of nitrogens with zero attached hydrogens (tertiary/aromatic N) is 4. The standard InChI is InChI=1S/C110H99BN4/c1-106(2,3)78-44-32-40-74(60-78)72-38-30-42-76(58-72)91-64-80(108(7,8)9)62-89(70-34-18-16-19-35-70)104(91)114-99-68-83(112-95-50-26-22-46-85(95)86-47-23-27-51-96(86)112)54-56-93(99)111-94-57-55-84(113-97-52-28-24-48-87(97)88-49-25-29-53-98(88)113)69-100(94)115(102-67-82(110(13,14)15)66-101(114)103(102)111)105-90(71-36-20-17-21-37-71)63-81(109(10,11)12)65-92(105)77-43-31-39-73(59-77)75-41-33-45-79(61-75)107(4,5)6/h16-69H,1-15H3/i22D,23D,24D,25D,26D,27D,28D,29D,46D,47D,48D,49D,50D,51D,52D,53D. The molecule has 19 rings (SSSR count). The summed E-state index contributed by atoms with van der Waals surface area (Å²) >= 11 is 0. The van der Waals surface area contributed by atoms with Gasteiger partial charge in [-0.1, -0.05) is 334 Å². The topological polar surface area (TPSA) is 16.3 Å². The second-order valence-corrected chi connectivity index (χ2v) is 36.2. The summed E-state index contributed by atoms with van der Waals surface area (Å²) in [6.45, 7) is 32.5. The molecule has 0 aliphatic carbocycles. The number of hydrogen-bond donors (Lipinski definition) is 0. The van der Waals surface area contributed by atoms with E-state index in [1.807, 2.05) is 48.5 Å². The first-order valence-electron chi connectivity index (χ1n) is 47.8. The summed E-state index contributed by atoms with van der Waals surface area (Å²) in [4.78, 5) is 4.76. The minimum Gasteiger partial charge on any atom is -0.310 e. The van der Waals surface area contributed by atoms with Gasteiger partial charge < -0.3 is 18.9 Å². The molecule has 0 radical (unpaired) electrons. The lowest BCUT2D eigenvalue weighted by molar-refractivity contribution is 0.590. The summed E-state index contributed by atoms with van der Waals surface area (Å²) in [5, 5.41) is -0.298. The Morgan fingerprint density at radius 3 is 0.870 bits per heavy atom. The molecule has 0 atom stereocenters. The zero-order valence-electron chi connectivity index (χ0n) is 83.8. The van der Waals surface area contributed by atoms with Gasteiger partial charge in [0.2, 0.25) is 0 Å². The van der Waals surface area contributed by atoms with Crippen molar-refractivity contribution in [2.75, 3.05) is 9.80 Å². The van der Waals surface area contributed by atoms with Crippen LogP contribution in [0.3, 0.4) is 0 Å². The van der Waals surface area contributed by atoms with Crippen molar-refractivity contribution in [3.8, 4) is 78.1 Å². The van der Waals surface area contributed by atoms with E-state index in [2.05, 4.69) is 296 Å². The van der Waals surface area contributed by atoms with Crippen molar-refractivity contribution in [1.29, 1.82) is 0 Å². The fourth-order valence-corrected chi connectivity index (χ4v) is 17.3. The number of benzene rings is 15. The van der Waals surface area contributed by atoms with Gasteiger partial charge in [-0.15, -0.1) is 0 Å². The first kappa shape index (κ1) is 56.7. The number of fused-ring (bicyclic) bond motifs is 10. The van der Waals surface area contributed by atoms with Gasteiger partial charge in [0.1, 0.15) is 0 Å². The van der Waals surface area contributed by atoms with Crippen LogP contribution in [0.15, 0.2) is 327 Å². The summed E-state index contributed by atoms with van der Waals surface area (Å²) in [5.41, 5.74) is 21.3. The van der Waals surface area contributed by atoms with E-state index < -0.39 is 120 Å². The van der Waals surface area contributed by atoms with Crippen LogP contribution in [0.25, 0.3) is 122 Å². The molecule has 0 amide bonds. The molecule has 2 aliphatic rings. The van der Waals surface area contributed by atoms with Crippen molar-refractivity contribution in [3.63, 3.8) is 0 Å². The zero-order chi connectivity index (χ0) is 93.3. The maximum atomic E-state index is 10.0. The van der Waals surface area contributed by atoms with Gasteiger partial charge in [-0.3, -0.25) is 0 Å². The number of aromatic nitrogens is 2. The summed E-state index contributed by atoms with van der Waals surface area (Å²) < 4.78 is 157. The van der Waals surface area contributed by atoms with Crippen LogP contribution in [0, 0.1) is 0 Å². The van der Waals surface area contributed by atoms with Gasteiger partial charge in [0, 0.05) is 77.9 Å². The smallest absolute Gasteiger partial charge is 0.252 e. The predicted octanol–water partition coefficient (Wildman–Crippen LogP) is 28.5. The molecule has 115 heavy (non-hydrogen) atoms. The van der Waals surface area contributed by atoms with E-state index in [1.54, 1.807) is 9.13 Å². The average molecular weight is 1500 g/mol. The van der Waals surface area contributed by atoms with Gasteiger partial charge in [-0.05, 0) is 213 Å². The Hall–Kier alpha value is -12.4. The minimum absolute atomic E-state index is 0.0528. The molecule has 0 bridgehead atoms. The number of para-hydroxylation sites is 4. The molecule has 0 unspecified atom stereocenters. The first-order chi connectivity index (χ1) is 61.8. The normalized spacial score (nSPS) is 15.1. The highest BCUT2D eigenvalue weighted by Gasteiger charge is 2.47. The Bertz CT molecular complexity index is 7170. The van der Waals surface area contributed by atoms with E-state index in [4.69, 9.17) is 0 Å². The number of anilines is 6. The fourth-order valence-electron chi connectivity index (χ4n) is 17.3. The molecule has 0 fully saturated rings. The molecule has 2 aliphatic heterocycles. The van der Waals surface area contributed by atoms with Crippen molar-refractivity contribution in [3.05, 3.63) is 355 Å². The largest absolute Gasteiger partial charge is 0.310 e. The molecular formula is C110H99BN4. The molecule has 4 heterocycles. The molecule has 0 saturated heterocycles. The second kappa shape index (κ2) is 27.1. The van der Waals surface area contributed by atoms with E-state index in [0.717, 1.165) is 123 Å². The minimum atomic E-state index is -0.804.